The number of nitrogens with two attached hydrogens (primary N) is 1. The third-order valence-electron chi connectivity index (χ3n) is 3.10. The molecule has 2 unspecified atom stereocenters. The standard InChI is InChI=1S/C12H14F3N3O2S/c1-6-8(4-5-20-6)21-11-7(10(16)18-19)2-3-9(17-11)12(13,14)15/h2-3,6,8,19H,4-5H2,1H3,(H2,16,18). The van der Waals surface area contributed by atoms with E-state index in [1.165, 1.54) is 0 Å². The fourth-order valence-corrected chi connectivity index (χ4v) is 3.17. The molecule has 1 fully saturated rings. The van der Waals surface area contributed by atoms with Gasteiger partial charge in [0.2, 0.25) is 0 Å². The maximum Gasteiger partial charge on any atom is 0.433 e. The molecule has 0 spiro atoms. The van der Waals surface area contributed by atoms with Gasteiger partial charge < -0.3 is 15.7 Å². The van der Waals surface area contributed by atoms with Crippen LogP contribution in [0.5, 0.6) is 0 Å². The maximum atomic E-state index is 12.8. The van der Waals surface area contributed by atoms with Gasteiger partial charge in [0, 0.05) is 11.9 Å². The summed E-state index contributed by atoms with van der Waals surface area (Å²) in [5.74, 6) is -0.273. The number of amidine groups is 1. The molecule has 2 atom stereocenters. The Morgan fingerprint density at radius 1 is 1.52 bits per heavy atom. The minimum absolute atomic E-state index is 0.0220. The van der Waals surface area contributed by atoms with Crippen LogP contribution in [0.4, 0.5) is 13.2 Å². The van der Waals surface area contributed by atoms with Crippen LogP contribution in [0.3, 0.4) is 0 Å². The van der Waals surface area contributed by atoms with Crippen molar-refractivity contribution in [1.29, 1.82) is 0 Å². The number of pyridine rings is 1. The molecule has 1 aliphatic rings. The lowest BCUT2D eigenvalue weighted by Crippen LogP contribution is -2.20. The summed E-state index contributed by atoms with van der Waals surface area (Å²) < 4.78 is 43.7. The van der Waals surface area contributed by atoms with E-state index in [1.54, 1.807) is 0 Å². The Morgan fingerprint density at radius 2 is 2.24 bits per heavy atom. The van der Waals surface area contributed by atoms with Crippen LogP contribution >= 0.6 is 11.8 Å². The van der Waals surface area contributed by atoms with Crippen LogP contribution in [0.2, 0.25) is 0 Å². The van der Waals surface area contributed by atoms with E-state index in [1.807, 2.05) is 6.92 Å². The second-order valence-corrected chi connectivity index (χ2v) is 5.78. The lowest BCUT2D eigenvalue weighted by molar-refractivity contribution is -0.141. The molecule has 0 bridgehead atoms. The summed E-state index contributed by atoms with van der Waals surface area (Å²) in [6.07, 6.45) is -3.93. The van der Waals surface area contributed by atoms with Crippen molar-refractivity contribution in [2.75, 3.05) is 6.61 Å². The first-order valence-corrected chi connectivity index (χ1v) is 7.05. The van der Waals surface area contributed by atoms with Crippen LogP contribution in [0, 0.1) is 0 Å². The minimum atomic E-state index is -4.54. The number of alkyl halides is 3. The summed E-state index contributed by atoms with van der Waals surface area (Å²) in [4.78, 5) is 3.62. The summed E-state index contributed by atoms with van der Waals surface area (Å²) in [5.41, 5.74) is 4.66. The van der Waals surface area contributed by atoms with Crippen molar-refractivity contribution in [1.82, 2.24) is 4.98 Å². The number of hydrogen-bond acceptors (Lipinski definition) is 5. The average Bonchev–Trinajstić information content (AvgIpc) is 2.82. The third kappa shape index (κ3) is 3.59. The predicted octanol–water partition coefficient (Wildman–Crippen LogP) is 2.46. The second kappa shape index (κ2) is 6.10. The van der Waals surface area contributed by atoms with Crippen molar-refractivity contribution in [2.45, 2.75) is 35.9 Å². The Bertz CT molecular complexity index is 551. The molecule has 21 heavy (non-hydrogen) atoms. The van der Waals surface area contributed by atoms with Crippen molar-refractivity contribution in [2.24, 2.45) is 10.9 Å². The molecule has 1 aromatic rings. The average molecular weight is 321 g/mol. The summed E-state index contributed by atoms with van der Waals surface area (Å²) in [6.45, 7) is 2.40. The number of oxime groups is 1. The zero-order valence-electron chi connectivity index (χ0n) is 11.1. The lowest BCUT2D eigenvalue weighted by atomic mass is 10.2. The number of thioether (sulfide) groups is 1. The monoisotopic (exact) mass is 321 g/mol. The largest absolute Gasteiger partial charge is 0.433 e. The van der Waals surface area contributed by atoms with Gasteiger partial charge in [-0.1, -0.05) is 16.9 Å². The highest BCUT2D eigenvalue weighted by atomic mass is 32.2. The van der Waals surface area contributed by atoms with Gasteiger partial charge in [0.15, 0.2) is 5.84 Å². The van der Waals surface area contributed by atoms with E-state index in [9.17, 15) is 13.2 Å². The van der Waals surface area contributed by atoms with Gasteiger partial charge in [-0.15, -0.1) is 0 Å². The first kappa shape index (κ1) is 15.9. The predicted molar refractivity (Wildman–Crippen MR) is 71.4 cm³/mol. The van der Waals surface area contributed by atoms with Crippen molar-refractivity contribution in [3.8, 4) is 0 Å². The molecule has 5 nitrogen and oxygen atoms in total. The van der Waals surface area contributed by atoms with Gasteiger partial charge in [0.05, 0.1) is 11.7 Å². The molecule has 0 aliphatic carbocycles. The molecule has 3 N–H and O–H groups in total. The van der Waals surface area contributed by atoms with Crippen LogP contribution in [0.15, 0.2) is 22.3 Å². The molecule has 2 heterocycles. The van der Waals surface area contributed by atoms with Gasteiger partial charge in [-0.05, 0) is 25.5 Å². The van der Waals surface area contributed by atoms with Crippen molar-refractivity contribution in [3.63, 3.8) is 0 Å². The van der Waals surface area contributed by atoms with Gasteiger partial charge in [-0.3, -0.25) is 0 Å². The van der Waals surface area contributed by atoms with Crippen molar-refractivity contribution < 1.29 is 23.1 Å². The number of rotatable bonds is 3. The first-order chi connectivity index (χ1) is 9.82. The second-order valence-electron chi connectivity index (χ2n) is 4.55. The smallest absolute Gasteiger partial charge is 0.409 e. The Balaban J connectivity index is 2.38. The fraction of sp³-hybridized carbons (Fsp3) is 0.500. The molecule has 2 rings (SSSR count). The Hall–Kier alpha value is -1.48. The molecule has 9 heteroatoms. The third-order valence-corrected chi connectivity index (χ3v) is 4.56. The van der Waals surface area contributed by atoms with Gasteiger partial charge >= 0.3 is 6.18 Å². The van der Waals surface area contributed by atoms with Crippen LogP contribution in [0.25, 0.3) is 0 Å². The minimum Gasteiger partial charge on any atom is -0.409 e. The van der Waals surface area contributed by atoms with E-state index in [0.717, 1.165) is 23.9 Å². The Kier molecular flexibility index (Phi) is 4.62. The first-order valence-electron chi connectivity index (χ1n) is 6.17. The summed E-state index contributed by atoms with van der Waals surface area (Å²) in [7, 11) is 0. The number of nitrogens with zero attached hydrogens (tertiary/aromatic N) is 2. The van der Waals surface area contributed by atoms with Crippen molar-refractivity contribution in [3.05, 3.63) is 23.4 Å². The fourth-order valence-electron chi connectivity index (χ4n) is 1.95. The number of hydrogen-bond donors (Lipinski definition) is 2. The molecule has 0 radical (unpaired) electrons. The molecular formula is C12H14F3N3O2S. The molecule has 0 amide bonds. The summed E-state index contributed by atoms with van der Waals surface area (Å²) in [5, 5.41) is 11.6. The maximum absolute atomic E-state index is 12.8. The van der Waals surface area contributed by atoms with Crippen LogP contribution in [0.1, 0.15) is 24.6 Å². The molecule has 1 aliphatic heterocycles. The number of aromatic nitrogens is 1. The van der Waals surface area contributed by atoms with E-state index in [2.05, 4.69) is 10.1 Å². The Labute approximate surface area is 123 Å². The molecule has 1 aromatic heterocycles. The quantitative estimate of drug-likeness (QED) is 0.387. The van der Waals surface area contributed by atoms with Crippen LogP contribution in [-0.4, -0.2) is 34.0 Å². The normalized spacial score (nSPS) is 23.5. The van der Waals surface area contributed by atoms with E-state index in [0.29, 0.717) is 13.0 Å². The molecule has 116 valence electrons. The van der Waals surface area contributed by atoms with E-state index in [-0.39, 0.29) is 27.8 Å². The molecular weight excluding hydrogens is 307 g/mol. The van der Waals surface area contributed by atoms with E-state index < -0.39 is 11.9 Å². The van der Waals surface area contributed by atoms with Gasteiger partial charge in [-0.2, -0.15) is 13.2 Å². The number of ether oxygens (including phenoxy) is 1. The van der Waals surface area contributed by atoms with Crippen LogP contribution in [-0.2, 0) is 10.9 Å². The van der Waals surface area contributed by atoms with E-state index >= 15 is 0 Å². The van der Waals surface area contributed by atoms with Crippen molar-refractivity contribution >= 4 is 17.6 Å². The van der Waals surface area contributed by atoms with Gasteiger partial charge in [-0.25, -0.2) is 4.98 Å². The molecule has 0 saturated carbocycles. The van der Waals surface area contributed by atoms with E-state index in [4.69, 9.17) is 15.7 Å². The lowest BCUT2D eigenvalue weighted by Gasteiger charge is -2.16. The molecule has 1 saturated heterocycles. The highest BCUT2D eigenvalue weighted by molar-refractivity contribution is 8.00. The zero-order chi connectivity index (χ0) is 15.6. The topological polar surface area (TPSA) is 80.7 Å². The van der Waals surface area contributed by atoms with Gasteiger partial charge in [0.25, 0.3) is 0 Å². The number of halogens is 3. The highest BCUT2D eigenvalue weighted by Gasteiger charge is 2.34. The highest BCUT2D eigenvalue weighted by Crippen LogP contribution is 2.36. The SMILES string of the molecule is CC1OCCC1Sc1nc(C(F)(F)F)ccc1/C(N)=N/O. The summed E-state index contributed by atoms with van der Waals surface area (Å²) in [6, 6.07) is 1.97. The molecule has 0 aromatic carbocycles. The zero-order valence-corrected chi connectivity index (χ0v) is 11.9. The summed E-state index contributed by atoms with van der Waals surface area (Å²) >= 11 is 1.15. The van der Waals surface area contributed by atoms with Gasteiger partial charge in [0.1, 0.15) is 10.7 Å². The van der Waals surface area contributed by atoms with Crippen LogP contribution < -0.4 is 5.73 Å². The Morgan fingerprint density at radius 3 is 2.76 bits per heavy atom.